The molecule has 0 aliphatic heterocycles. The van der Waals surface area contributed by atoms with Crippen LogP contribution in [0.5, 0.6) is 5.75 Å². The highest BCUT2D eigenvalue weighted by molar-refractivity contribution is 6.37. The third-order valence-corrected chi connectivity index (χ3v) is 2.92. The third-order valence-electron chi connectivity index (χ3n) is 2.32. The van der Waals surface area contributed by atoms with E-state index in [0.717, 1.165) is 5.76 Å². The van der Waals surface area contributed by atoms with Gasteiger partial charge >= 0.3 is 0 Å². The van der Waals surface area contributed by atoms with Crippen molar-refractivity contribution in [3.63, 3.8) is 0 Å². The van der Waals surface area contributed by atoms with Gasteiger partial charge in [0.15, 0.2) is 5.75 Å². The summed E-state index contributed by atoms with van der Waals surface area (Å²) < 4.78 is 10.7. The van der Waals surface area contributed by atoms with Gasteiger partial charge < -0.3 is 14.5 Å². The number of hydrogen-bond donors (Lipinski definition) is 1. The van der Waals surface area contributed by atoms with Crippen LogP contribution >= 0.6 is 23.2 Å². The summed E-state index contributed by atoms with van der Waals surface area (Å²) in [6.07, 6.45) is 1.65. The van der Waals surface area contributed by atoms with E-state index in [9.17, 15) is 0 Å². The Morgan fingerprint density at radius 2 is 1.89 bits per heavy atom. The molecule has 0 aliphatic carbocycles. The minimum absolute atomic E-state index is 0.490. The van der Waals surface area contributed by atoms with Crippen molar-refractivity contribution in [3.8, 4) is 5.75 Å². The SMILES string of the molecule is Clc1cccc(Cl)c1OCCNCc1ccco1. The Labute approximate surface area is 116 Å². The van der Waals surface area contributed by atoms with Gasteiger partial charge in [-0.25, -0.2) is 0 Å². The lowest BCUT2D eigenvalue weighted by Gasteiger charge is -2.09. The highest BCUT2D eigenvalue weighted by atomic mass is 35.5. The van der Waals surface area contributed by atoms with E-state index in [1.807, 2.05) is 12.1 Å². The van der Waals surface area contributed by atoms with Crippen LogP contribution in [0, 0.1) is 0 Å². The van der Waals surface area contributed by atoms with Gasteiger partial charge in [0, 0.05) is 6.54 Å². The molecule has 2 aromatic rings. The first-order valence-corrected chi connectivity index (χ1v) is 6.33. The van der Waals surface area contributed by atoms with Crippen molar-refractivity contribution in [1.29, 1.82) is 0 Å². The molecular formula is C13H13Cl2NO2. The number of halogens is 2. The first-order valence-electron chi connectivity index (χ1n) is 5.57. The predicted octanol–water partition coefficient (Wildman–Crippen LogP) is 3.76. The van der Waals surface area contributed by atoms with Crippen LogP contribution in [0.25, 0.3) is 0 Å². The van der Waals surface area contributed by atoms with Crippen LogP contribution in [0.2, 0.25) is 10.0 Å². The molecule has 1 heterocycles. The lowest BCUT2D eigenvalue weighted by Crippen LogP contribution is -2.20. The highest BCUT2D eigenvalue weighted by Crippen LogP contribution is 2.32. The number of benzene rings is 1. The number of para-hydroxylation sites is 1. The standard InChI is InChI=1S/C13H13Cl2NO2/c14-11-4-1-5-12(15)13(11)18-8-6-16-9-10-3-2-7-17-10/h1-5,7,16H,6,8-9H2. The molecule has 0 fully saturated rings. The van der Waals surface area contributed by atoms with Gasteiger partial charge in [0.2, 0.25) is 0 Å². The topological polar surface area (TPSA) is 34.4 Å². The average Bonchev–Trinajstić information content (AvgIpc) is 2.85. The van der Waals surface area contributed by atoms with Gasteiger partial charge in [0.1, 0.15) is 12.4 Å². The summed E-state index contributed by atoms with van der Waals surface area (Å²) in [5.41, 5.74) is 0. The third kappa shape index (κ3) is 3.67. The molecule has 0 unspecified atom stereocenters. The Morgan fingerprint density at radius 1 is 1.11 bits per heavy atom. The average molecular weight is 286 g/mol. The molecule has 0 atom stereocenters. The van der Waals surface area contributed by atoms with Gasteiger partial charge in [-0.15, -0.1) is 0 Å². The minimum Gasteiger partial charge on any atom is -0.489 e. The van der Waals surface area contributed by atoms with Crippen LogP contribution in [0.3, 0.4) is 0 Å². The van der Waals surface area contributed by atoms with Crippen LogP contribution in [0.1, 0.15) is 5.76 Å². The zero-order valence-electron chi connectivity index (χ0n) is 9.66. The Kier molecular flexibility index (Phi) is 4.93. The maximum Gasteiger partial charge on any atom is 0.156 e. The van der Waals surface area contributed by atoms with Crippen molar-refractivity contribution in [2.75, 3.05) is 13.2 Å². The van der Waals surface area contributed by atoms with E-state index >= 15 is 0 Å². The molecule has 2 rings (SSSR count). The molecule has 0 aliphatic rings. The van der Waals surface area contributed by atoms with Gasteiger partial charge in [-0.1, -0.05) is 29.3 Å². The molecule has 0 bridgehead atoms. The largest absolute Gasteiger partial charge is 0.489 e. The van der Waals surface area contributed by atoms with Crippen molar-refractivity contribution >= 4 is 23.2 Å². The molecule has 0 saturated heterocycles. The normalized spacial score (nSPS) is 10.6. The van der Waals surface area contributed by atoms with E-state index in [-0.39, 0.29) is 0 Å². The molecule has 1 aromatic heterocycles. The molecule has 3 nitrogen and oxygen atoms in total. The fourth-order valence-electron chi connectivity index (χ4n) is 1.47. The predicted molar refractivity (Wildman–Crippen MR) is 72.4 cm³/mol. The fourth-order valence-corrected chi connectivity index (χ4v) is 1.98. The molecular weight excluding hydrogens is 273 g/mol. The van der Waals surface area contributed by atoms with E-state index in [1.54, 1.807) is 24.5 Å². The first kappa shape index (κ1) is 13.3. The van der Waals surface area contributed by atoms with Crippen molar-refractivity contribution in [3.05, 3.63) is 52.4 Å². The van der Waals surface area contributed by atoms with Crippen LogP contribution in [0.15, 0.2) is 41.0 Å². The van der Waals surface area contributed by atoms with E-state index in [4.69, 9.17) is 32.4 Å². The summed E-state index contributed by atoms with van der Waals surface area (Å²) >= 11 is 12.0. The van der Waals surface area contributed by atoms with Gasteiger partial charge in [-0.2, -0.15) is 0 Å². The van der Waals surface area contributed by atoms with E-state index in [0.29, 0.717) is 35.5 Å². The summed E-state index contributed by atoms with van der Waals surface area (Å²) in [6.45, 7) is 1.85. The zero-order valence-corrected chi connectivity index (χ0v) is 11.2. The summed E-state index contributed by atoms with van der Waals surface area (Å²) in [6, 6.07) is 9.06. The van der Waals surface area contributed by atoms with Gasteiger partial charge in [0.25, 0.3) is 0 Å². The minimum atomic E-state index is 0.490. The van der Waals surface area contributed by atoms with E-state index in [2.05, 4.69) is 5.32 Å². The highest BCUT2D eigenvalue weighted by Gasteiger charge is 2.05. The zero-order chi connectivity index (χ0) is 12.8. The number of furan rings is 1. The van der Waals surface area contributed by atoms with Crippen LogP contribution in [-0.2, 0) is 6.54 Å². The number of hydrogen-bond acceptors (Lipinski definition) is 3. The molecule has 5 heteroatoms. The van der Waals surface area contributed by atoms with Crippen LogP contribution in [0.4, 0.5) is 0 Å². The summed E-state index contributed by atoms with van der Waals surface area (Å²) in [4.78, 5) is 0. The number of ether oxygens (including phenoxy) is 1. The van der Waals surface area contributed by atoms with Crippen molar-refractivity contribution < 1.29 is 9.15 Å². The number of nitrogens with one attached hydrogen (secondary N) is 1. The molecule has 1 aromatic carbocycles. The summed E-state index contributed by atoms with van der Waals surface area (Å²) in [5, 5.41) is 4.24. The lowest BCUT2D eigenvalue weighted by atomic mass is 10.3. The molecule has 0 amide bonds. The number of rotatable bonds is 6. The first-order chi connectivity index (χ1) is 8.77. The second kappa shape index (κ2) is 6.69. The molecule has 0 spiro atoms. The Hall–Kier alpha value is -1.16. The van der Waals surface area contributed by atoms with Gasteiger partial charge in [0.05, 0.1) is 22.9 Å². The summed E-state index contributed by atoms with van der Waals surface area (Å²) in [7, 11) is 0. The molecule has 1 N–H and O–H groups in total. The van der Waals surface area contributed by atoms with Gasteiger partial charge in [-0.3, -0.25) is 0 Å². The molecule has 96 valence electrons. The maximum absolute atomic E-state index is 5.98. The lowest BCUT2D eigenvalue weighted by molar-refractivity contribution is 0.311. The Balaban J connectivity index is 1.72. The van der Waals surface area contributed by atoms with Crippen molar-refractivity contribution in [1.82, 2.24) is 5.32 Å². The van der Waals surface area contributed by atoms with Crippen molar-refractivity contribution in [2.45, 2.75) is 6.54 Å². The molecule has 18 heavy (non-hydrogen) atoms. The second-order valence-electron chi connectivity index (χ2n) is 3.66. The van der Waals surface area contributed by atoms with Crippen molar-refractivity contribution in [2.24, 2.45) is 0 Å². The maximum atomic E-state index is 5.98. The molecule has 0 radical (unpaired) electrons. The Morgan fingerprint density at radius 3 is 2.56 bits per heavy atom. The van der Waals surface area contributed by atoms with E-state index in [1.165, 1.54) is 0 Å². The summed E-state index contributed by atoms with van der Waals surface area (Å²) in [5.74, 6) is 1.42. The van der Waals surface area contributed by atoms with Crippen LogP contribution < -0.4 is 10.1 Å². The van der Waals surface area contributed by atoms with Gasteiger partial charge in [-0.05, 0) is 24.3 Å². The fraction of sp³-hybridized carbons (Fsp3) is 0.231. The quantitative estimate of drug-likeness (QED) is 0.821. The smallest absolute Gasteiger partial charge is 0.156 e. The molecule has 0 saturated carbocycles. The Bertz CT molecular complexity index is 465. The van der Waals surface area contributed by atoms with Crippen LogP contribution in [-0.4, -0.2) is 13.2 Å². The van der Waals surface area contributed by atoms with E-state index < -0.39 is 0 Å². The monoisotopic (exact) mass is 285 g/mol. The second-order valence-corrected chi connectivity index (χ2v) is 4.47.